The molecular formula is C15H22N2O4S. The van der Waals surface area contributed by atoms with E-state index in [1.165, 1.54) is 4.31 Å². The van der Waals surface area contributed by atoms with Crippen LogP contribution >= 0.6 is 0 Å². The second kappa shape index (κ2) is 7.11. The highest BCUT2D eigenvalue weighted by molar-refractivity contribution is 7.89. The number of carbonyl (C=O) groups excluding carboxylic acids is 1. The second-order valence-corrected chi connectivity index (χ2v) is 7.36. The van der Waals surface area contributed by atoms with Crippen molar-refractivity contribution in [2.75, 3.05) is 32.5 Å². The van der Waals surface area contributed by atoms with Crippen molar-refractivity contribution >= 4 is 16.4 Å². The molecule has 0 spiro atoms. The molecular weight excluding hydrogens is 304 g/mol. The highest BCUT2D eigenvalue weighted by atomic mass is 32.2. The van der Waals surface area contributed by atoms with Gasteiger partial charge in [-0.05, 0) is 24.1 Å². The quantitative estimate of drug-likeness (QED) is 0.738. The third kappa shape index (κ3) is 3.59. The van der Waals surface area contributed by atoms with Crippen LogP contribution in [0, 0.1) is 0 Å². The van der Waals surface area contributed by atoms with E-state index in [0.717, 1.165) is 17.7 Å². The summed E-state index contributed by atoms with van der Waals surface area (Å²) in [6.07, 6.45) is 1.35. The lowest BCUT2D eigenvalue weighted by Crippen LogP contribution is -2.50. The fourth-order valence-corrected chi connectivity index (χ4v) is 4.38. The van der Waals surface area contributed by atoms with Crippen molar-refractivity contribution in [3.05, 3.63) is 29.8 Å². The van der Waals surface area contributed by atoms with Crippen LogP contribution < -0.4 is 4.74 Å². The summed E-state index contributed by atoms with van der Waals surface area (Å²) in [6.45, 7) is 2.98. The minimum absolute atomic E-state index is 0.126. The minimum Gasteiger partial charge on any atom is -0.497 e. The van der Waals surface area contributed by atoms with E-state index in [2.05, 4.69) is 0 Å². The molecule has 0 aliphatic carbocycles. The molecule has 22 heavy (non-hydrogen) atoms. The molecule has 0 aromatic heterocycles. The summed E-state index contributed by atoms with van der Waals surface area (Å²) in [5.41, 5.74) is 0.868. The van der Waals surface area contributed by atoms with Gasteiger partial charge in [-0.3, -0.25) is 4.79 Å². The van der Waals surface area contributed by atoms with Crippen molar-refractivity contribution < 1.29 is 17.9 Å². The molecule has 6 nitrogen and oxygen atoms in total. The van der Waals surface area contributed by atoms with Gasteiger partial charge in [-0.2, -0.15) is 4.31 Å². The molecule has 2 rings (SSSR count). The topological polar surface area (TPSA) is 66.9 Å². The number of piperazine rings is 1. The van der Waals surface area contributed by atoms with Gasteiger partial charge in [-0.25, -0.2) is 8.42 Å². The maximum Gasteiger partial charge on any atom is 0.214 e. The highest BCUT2D eigenvalue weighted by Gasteiger charge is 2.35. The van der Waals surface area contributed by atoms with E-state index in [1.807, 2.05) is 19.1 Å². The molecule has 1 aromatic carbocycles. The van der Waals surface area contributed by atoms with Gasteiger partial charge in [-0.1, -0.05) is 19.1 Å². The predicted octanol–water partition coefficient (Wildman–Crippen LogP) is 1.25. The predicted molar refractivity (Wildman–Crippen MR) is 84.2 cm³/mol. The summed E-state index contributed by atoms with van der Waals surface area (Å²) in [6, 6.07) is 6.97. The van der Waals surface area contributed by atoms with Crippen molar-refractivity contribution in [2.24, 2.45) is 0 Å². The Kier molecular flexibility index (Phi) is 5.42. The molecule has 0 saturated carbocycles. The van der Waals surface area contributed by atoms with Crippen LogP contribution in [0.25, 0.3) is 0 Å². The van der Waals surface area contributed by atoms with Gasteiger partial charge in [0.05, 0.1) is 18.9 Å². The first kappa shape index (κ1) is 16.8. The van der Waals surface area contributed by atoms with Crippen LogP contribution in [0.15, 0.2) is 24.3 Å². The fraction of sp³-hybridized carbons (Fsp3) is 0.533. The zero-order valence-electron chi connectivity index (χ0n) is 12.9. The summed E-state index contributed by atoms with van der Waals surface area (Å²) < 4.78 is 31.6. The average Bonchev–Trinajstić information content (AvgIpc) is 2.54. The van der Waals surface area contributed by atoms with Crippen LogP contribution in [-0.2, 0) is 14.8 Å². The van der Waals surface area contributed by atoms with Crippen LogP contribution in [0.5, 0.6) is 5.75 Å². The van der Waals surface area contributed by atoms with Gasteiger partial charge in [0.1, 0.15) is 5.75 Å². The Morgan fingerprint density at radius 1 is 1.27 bits per heavy atom. The zero-order chi connectivity index (χ0) is 16.2. The minimum atomic E-state index is -3.32. The molecule has 1 aliphatic rings. The normalized spacial score (nSPS) is 19.9. The summed E-state index contributed by atoms with van der Waals surface area (Å²) >= 11 is 0. The number of sulfonamides is 1. The number of rotatable bonds is 6. The Morgan fingerprint density at radius 3 is 2.50 bits per heavy atom. The van der Waals surface area contributed by atoms with Crippen LogP contribution in [0.3, 0.4) is 0 Å². The molecule has 7 heteroatoms. The molecule has 1 amide bonds. The van der Waals surface area contributed by atoms with Gasteiger partial charge in [0.15, 0.2) is 0 Å². The van der Waals surface area contributed by atoms with Gasteiger partial charge in [-0.15, -0.1) is 0 Å². The molecule has 122 valence electrons. The second-order valence-electron chi connectivity index (χ2n) is 5.32. The third-order valence-corrected chi connectivity index (χ3v) is 5.91. The number of hydrogen-bond acceptors (Lipinski definition) is 4. The smallest absolute Gasteiger partial charge is 0.214 e. The lowest BCUT2D eigenvalue weighted by Gasteiger charge is -2.39. The number of ether oxygens (including phenoxy) is 1. The summed E-state index contributed by atoms with van der Waals surface area (Å²) in [5, 5.41) is 0. The number of amides is 1. The van der Waals surface area contributed by atoms with E-state index in [1.54, 1.807) is 24.1 Å². The number of benzene rings is 1. The number of hydrogen-bond donors (Lipinski definition) is 0. The standard InChI is InChI=1S/C15H22N2O4S/c1-3-10-22(19,20)17-9-8-16(12-18)11-15(17)13-4-6-14(21-2)7-5-13/h4-7,12,15H,3,8-11H2,1-2H3/t15-/m0/s1. The van der Waals surface area contributed by atoms with E-state index in [9.17, 15) is 13.2 Å². The van der Waals surface area contributed by atoms with Crippen molar-refractivity contribution in [1.82, 2.24) is 9.21 Å². The van der Waals surface area contributed by atoms with Crippen LogP contribution in [0.4, 0.5) is 0 Å². The van der Waals surface area contributed by atoms with Gasteiger partial charge < -0.3 is 9.64 Å². The monoisotopic (exact) mass is 326 g/mol. The van der Waals surface area contributed by atoms with Gasteiger partial charge in [0.2, 0.25) is 16.4 Å². The van der Waals surface area contributed by atoms with Crippen molar-refractivity contribution in [1.29, 1.82) is 0 Å². The third-order valence-electron chi connectivity index (χ3n) is 3.83. The first-order valence-corrected chi connectivity index (χ1v) is 8.95. The Hall–Kier alpha value is -1.60. The molecule has 0 radical (unpaired) electrons. The Labute approximate surface area is 131 Å². The number of methoxy groups -OCH3 is 1. The van der Waals surface area contributed by atoms with E-state index in [0.29, 0.717) is 26.1 Å². The maximum absolute atomic E-state index is 12.5. The van der Waals surface area contributed by atoms with Crippen molar-refractivity contribution in [3.63, 3.8) is 0 Å². The summed E-state index contributed by atoms with van der Waals surface area (Å²) in [4.78, 5) is 12.7. The average molecular weight is 326 g/mol. The molecule has 1 fully saturated rings. The molecule has 1 atom stereocenters. The number of carbonyl (C=O) groups is 1. The fourth-order valence-electron chi connectivity index (χ4n) is 2.69. The molecule has 0 N–H and O–H groups in total. The van der Waals surface area contributed by atoms with Crippen LogP contribution in [-0.4, -0.2) is 56.5 Å². The molecule has 1 saturated heterocycles. The van der Waals surface area contributed by atoms with Crippen molar-refractivity contribution in [3.8, 4) is 5.75 Å². The highest BCUT2D eigenvalue weighted by Crippen LogP contribution is 2.29. The summed E-state index contributed by atoms with van der Waals surface area (Å²) in [7, 11) is -1.73. The van der Waals surface area contributed by atoms with Gasteiger partial charge >= 0.3 is 0 Å². The van der Waals surface area contributed by atoms with E-state index < -0.39 is 10.0 Å². The van der Waals surface area contributed by atoms with E-state index in [4.69, 9.17) is 4.74 Å². The van der Waals surface area contributed by atoms with Crippen molar-refractivity contribution in [2.45, 2.75) is 19.4 Å². The summed E-state index contributed by atoms with van der Waals surface area (Å²) in [5.74, 6) is 0.843. The van der Waals surface area contributed by atoms with Crippen LogP contribution in [0.2, 0.25) is 0 Å². The molecule has 0 unspecified atom stereocenters. The molecule has 0 bridgehead atoms. The lowest BCUT2D eigenvalue weighted by molar-refractivity contribution is -0.120. The van der Waals surface area contributed by atoms with Crippen LogP contribution in [0.1, 0.15) is 24.9 Å². The molecule has 1 heterocycles. The van der Waals surface area contributed by atoms with Gasteiger partial charge in [0, 0.05) is 19.6 Å². The molecule has 1 aliphatic heterocycles. The maximum atomic E-state index is 12.5. The van der Waals surface area contributed by atoms with E-state index in [-0.39, 0.29) is 11.8 Å². The first-order chi connectivity index (χ1) is 10.5. The number of nitrogens with zero attached hydrogens (tertiary/aromatic N) is 2. The molecule has 1 aromatic rings. The first-order valence-electron chi connectivity index (χ1n) is 7.34. The lowest BCUT2D eigenvalue weighted by atomic mass is 10.0. The van der Waals surface area contributed by atoms with E-state index >= 15 is 0 Å². The van der Waals surface area contributed by atoms with Gasteiger partial charge in [0.25, 0.3) is 0 Å². The Morgan fingerprint density at radius 2 is 1.95 bits per heavy atom. The largest absolute Gasteiger partial charge is 0.497 e. The SMILES string of the molecule is CCCS(=O)(=O)N1CCN(C=O)C[C@H]1c1ccc(OC)cc1. The zero-order valence-corrected chi connectivity index (χ0v) is 13.8. The Balaban J connectivity index is 2.32. The Bertz CT molecular complexity index is 600.